The number of rotatable bonds is 4. The lowest BCUT2D eigenvalue weighted by Gasteiger charge is -2.27. The predicted octanol–water partition coefficient (Wildman–Crippen LogP) is 1.32. The van der Waals surface area contributed by atoms with Gasteiger partial charge in [-0.25, -0.2) is 9.18 Å². The van der Waals surface area contributed by atoms with Gasteiger partial charge in [0.05, 0.1) is 6.54 Å². The molecule has 8 nitrogen and oxygen atoms in total. The number of hydrogen-bond acceptors (Lipinski definition) is 4. The van der Waals surface area contributed by atoms with E-state index >= 15 is 0 Å². The van der Waals surface area contributed by atoms with Crippen molar-refractivity contribution in [3.63, 3.8) is 0 Å². The highest BCUT2D eigenvalue weighted by Crippen LogP contribution is 2.33. The molecule has 142 valence electrons. The van der Waals surface area contributed by atoms with Crippen molar-refractivity contribution < 1.29 is 23.9 Å². The number of fused-ring (bicyclic) bond motifs is 1. The number of carbonyl (C=O) groups is 3. The Bertz CT molecular complexity index is 1140. The van der Waals surface area contributed by atoms with Crippen LogP contribution in [0, 0.1) is 5.82 Å². The first-order valence-corrected chi connectivity index (χ1v) is 8.31. The molecular formula is C19H15FN4O4. The first-order valence-electron chi connectivity index (χ1n) is 8.31. The van der Waals surface area contributed by atoms with Crippen molar-refractivity contribution in [3.8, 4) is 5.88 Å². The van der Waals surface area contributed by atoms with Gasteiger partial charge in [0, 0.05) is 22.5 Å². The molecule has 28 heavy (non-hydrogen) atoms. The molecule has 0 saturated carbocycles. The fourth-order valence-corrected chi connectivity index (χ4v) is 3.42. The van der Waals surface area contributed by atoms with Crippen LogP contribution in [0.15, 0.2) is 48.7 Å². The molecule has 2 aromatic carbocycles. The zero-order valence-electron chi connectivity index (χ0n) is 14.4. The van der Waals surface area contributed by atoms with Gasteiger partial charge in [-0.2, -0.15) is 0 Å². The topological polar surface area (TPSA) is 126 Å². The van der Waals surface area contributed by atoms with E-state index in [9.17, 15) is 23.9 Å². The van der Waals surface area contributed by atoms with Gasteiger partial charge < -0.3 is 20.7 Å². The zero-order valence-corrected chi connectivity index (χ0v) is 14.4. The molecule has 1 atom stereocenters. The molecule has 1 aromatic heterocycles. The standard InChI is InChI=1S/C19H15FN4O4/c20-13-4-2-12(3-5-13)19(17(27)22-18(28)23-19)9-24-8-11-7-10(15(21)25)1-6-14(11)16(24)26/h1-8,26H,9H2,(H2,21,25)(H2,22,23,27,28). The van der Waals surface area contributed by atoms with Gasteiger partial charge in [-0.15, -0.1) is 0 Å². The van der Waals surface area contributed by atoms with E-state index in [1.54, 1.807) is 12.3 Å². The van der Waals surface area contributed by atoms with E-state index in [0.717, 1.165) is 0 Å². The van der Waals surface area contributed by atoms with Gasteiger partial charge in [-0.05, 0) is 35.9 Å². The number of aromatic hydroxyl groups is 1. The third kappa shape index (κ3) is 2.64. The van der Waals surface area contributed by atoms with Crippen molar-refractivity contribution in [2.24, 2.45) is 5.73 Å². The first kappa shape index (κ1) is 17.5. The number of carbonyl (C=O) groups excluding carboxylic acids is 3. The van der Waals surface area contributed by atoms with E-state index in [0.29, 0.717) is 16.3 Å². The minimum atomic E-state index is -1.54. The molecule has 4 rings (SSSR count). The quantitative estimate of drug-likeness (QED) is 0.508. The highest BCUT2D eigenvalue weighted by molar-refractivity contribution is 6.07. The summed E-state index contributed by atoms with van der Waals surface area (Å²) >= 11 is 0. The Balaban J connectivity index is 1.82. The van der Waals surface area contributed by atoms with Crippen molar-refractivity contribution >= 4 is 28.6 Å². The third-order valence-electron chi connectivity index (χ3n) is 4.83. The number of urea groups is 1. The Kier molecular flexibility index (Phi) is 3.81. The SMILES string of the molecule is NC(=O)c1ccc2c(O)n(CC3(c4ccc(F)cc4)NC(=O)NC3=O)cc2c1. The minimum Gasteiger partial charge on any atom is -0.494 e. The van der Waals surface area contributed by atoms with Crippen LogP contribution in [0.3, 0.4) is 0 Å². The molecule has 9 heteroatoms. The summed E-state index contributed by atoms with van der Waals surface area (Å²) in [6, 6.07) is 9.00. The number of halogens is 1. The van der Waals surface area contributed by atoms with Gasteiger partial charge in [0.25, 0.3) is 5.91 Å². The fourth-order valence-electron chi connectivity index (χ4n) is 3.42. The Morgan fingerprint density at radius 1 is 1.18 bits per heavy atom. The van der Waals surface area contributed by atoms with E-state index in [-0.39, 0.29) is 18.0 Å². The Morgan fingerprint density at radius 2 is 1.89 bits per heavy atom. The Morgan fingerprint density at radius 3 is 2.50 bits per heavy atom. The monoisotopic (exact) mass is 382 g/mol. The van der Waals surface area contributed by atoms with Crippen LogP contribution in [-0.2, 0) is 16.9 Å². The van der Waals surface area contributed by atoms with Crippen LogP contribution in [0.1, 0.15) is 15.9 Å². The molecule has 4 amide bonds. The van der Waals surface area contributed by atoms with Crippen LogP contribution in [0.4, 0.5) is 9.18 Å². The van der Waals surface area contributed by atoms with Crippen LogP contribution >= 0.6 is 0 Å². The first-order chi connectivity index (χ1) is 13.3. The smallest absolute Gasteiger partial charge is 0.322 e. The van der Waals surface area contributed by atoms with E-state index in [1.807, 2.05) is 0 Å². The molecule has 5 N–H and O–H groups in total. The van der Waals surface area contributed by atoms with Crippen molar-refractivity contribution in [3.05, 3.63) is 65.6 Å². The summed E-state index contributed by atoms with van der Waals surface area (Å²) in [4.78, 5) is 35.8. The number of primary amides is 1. The number of nitrogens with zero attached hydrogens (tertiary/aromatic N) is 1. The molecule has 0 aliphatic carbocycles. The van der Waals surface area contributed by atoms with Gasteiger partial charge in [-0.1, -0.05) is 12.1 Å². The van der Waals surface area contributed by atoms with E-state index in [4.69, 9.17) is 5.73 Å². The maximum atomic E-state index is 13.3. The number of nitrogens with one attached hydrogen (secondary N) is 2. The largest absolute Gasteiger partial charge is 0.494 e. The summed E-state index contributed by atoms with van der Waals surface area (Å²) in [5.74, 6) is -1.88. The van der Waals surface area contributed by atoms with Gasteiger partial charge >= 0.3 is 6.03 Å². The average Bonchev–Trinajstić information content (AvgIpc) is 3.11. The second-order valence-corrected chi connectivity index (χ2v) is 6.57. The van der Waals surface area contributed by atoms with Crippen LogP contribution in [-0.4, -0.2) is 27.5 Å². The van der Waals surface area contributed by atoms with E-state index in [2.05, 4.69) is 10.6 Å². The summed E-state index contributed by atoms with van der Waals surface area (Å²) in [5, 5.41) is 16.3. The second kappa shape index (κ2) is 6.08. The van der Waals surface area contributed by atoms with E-state index in [1.165, 1.54) is 41.0 Å². The van der Waals surface area contributed by atoms with Crippen molar-refractivity contribution in [2.45, 2.75) is 12.1 Å². The lowest BCUT2D eigenvalue weighted by atomic mass is 9.89. The van der Waals surface area contributed by atoms with Crippen LogP contribution in [0.25, 0.3) is 10.8 Å². The number of aromatic nitrogens is 1. The molecule has 1 aliphatic rings. The van der Waals surface area contributed by atoms with Crippen molar-refractivity contribution in [1.82, 2.24) is 15.2 Å². The molecule has 2 heterocycles. The van der Waals surface area contributed by atoms with Crippen LogP contribution in [0.2, 0.25) is 0 Å². The molecule has 0 radical (unpaired) electrons. The van der Waals surface area contributed by atoms with Crippen LogP contribution < -0.4 is 16.4 Å². The maximum absolute atomic E-state index is 13.3. The summed E-state index contributed by atoms with van der Waals surface area (Å²) in [7, 11) is 0. The molecule has 1 fully saturated rings. The van der Waals surface area contributed by atoms with Gasteiger partial charge in [0.2, 0.25) is 5.91 Å². The maximum Gasteiger partial charge on any atom is 0.322 e. The van der Waals surface area contributed by atoms with Crippen molar-refractivity contribution in [2.75, 3.05) is 0 Å². The number of benzene rings is 2. The minimum absolute atomic E-state index is 0.150. The highest BCUT2D eigenvalue weighted by atomic mass is 19.1. The molecule has 0 spiro atoms. The number of nitrogens with two attached hydrogens (primary N) is 1. The fraction of sp³-hybridized carbons (Fsp3) is 0.105. The van der Waals surface area contributed by atoms with Gasteiger partial charge in [0.15, 0.2) is 11.4 Å². The van der Waals surface area contributed by atoms with Crippen LogP contribution in [0.5, 0.6) is 5.88 Å². The normalized spacial score (nSPS) is 18.9. The third-order valence-corrected chi connectivity index (χ3v) is 4.83. The molecule has 1 saturated heterocycles. The predicted molar refractivity (Wildman–Crippen MR) is 96.9 cm³/mol. The summed E-state index contributed by atoms with van der Waals surface area (Å²) < 4.78 is 14.7. The molecule has 3 aromatic rings. The van der Waals surface area contributed by atoms with Gasteiger partial charge in [-0.3, -0.25) is 14.9 Å². The summed E-state index contributed by atoms with van der Waals surface area (Å²) in [6.45, 7) is -0.150. The molecule has 1 aliphatic heterocycles. The average molecular weight is 382 g/mol. The molecule has 0 bridgehead atoms. The Labute approximate surface area is 157 Å². The second-order valence-electron chi connectivity index (χ2n) is 6.57. The molecule has 1 unspecified atom stereocenters. The van der Waals surface area contributed by atoms with Crippen molar-refractivity contribution in [1.29, 1.82) is 0 Å². The highest BCUT2D eigenvalue weighted by Gasteiger charge is 2.48. The van der Waals surface area contributed by atoms with Gasteiger partial charge in [0.1, 0.15) is 5.82 Å². The number of imide groups is 1. The number of hydrogen-bond donors (Lipinski definition) is 4. The summed E-state index contributed by atoms with van der Waals surface area (Å²) in [6.07, 6.45) is 1.54. The Hall–Kier alpha value is -3.88. The lowest BCUT2D eigenvalue weighted by molar-refractivity contribution is -0.124. The lowest BCUT2D eigenvalue weighted by Crippen LogP contribution is -2.47. The zero-order chi connectivity index (χ0) is 20.1. The van der Waals surface area contributed by atoms with E-state index < -0.39 is 29.2 Å². The number of amides is 4. The summed E-state index contributed by atoms with van der Waals surface area (Å²) in [5.41, 5.74) is 4.37. The molecular weight excluding hydrogens is 367 g/mol.